The lowest BCUT2D eigenvalue weighted by Crippen LogP contribution is -2.47. The Morgan fingerprint density at radius 1 is 1.06 bits per heavy atom. The summed E-state index contributed by atoms with van der Waals surface area (Å²) in [7, 11) is 0. The number of hydrogen-bond donors (Lipinski definition) is 3. The van der Waals surface area contributed by atoms with Crippen molar-refractivity contribution in [1.82, 2.24) is 15.6 Å². The Hall–Kier alpha value is -3.78. The number of carbonyl (C=O) groups excluding carboxylic acids is 2. The van der Waals surface area contributed by atoms with Crippen molar-refractivity contribution in [2.75, 3.05) is 6.79 Å². The first-order chi connectivity index (χ1) is 15.7. The third kappa shape index (κ3) is 4.17. The van der Waals surface area contributed by atoms with Crippen LogP contribution in [0.4, 0.5) is 0 Å². The first-order valence-electron chi connectivity index (χ1n) is 10.2. The number of nitrogens with one attached hydrogen (secondary N) is 3. The van der Waals surface area contributed by atoms with Crippen LogP contribution in [0.15, 0.2) is 66.2 Å². The molecule has 8 heteroatoms. The van der Waals surface area contributed by atoms with E-state index in [4.69, 9.17) is 9.47 Å². The summed E-state index contributed by atoms with van der Waals surface area (Å²) in [5.41, 5.74) is 2.85. The Balaban J connectivity index is 1.33. The number of H-pyrrole nitrogens is 1. The first kappa shape index (κ1) is 20.1. The van der Waals surface area contributed by atoms with Crippen LogP contribution in [0.25, 0.3) is 10.9 Å². The highest BCUT2D eigenvalue weighted by molar-refractivity contribution is 7.12. The lowest BCUT2D eigenvalue weighted by molar-refractivity contribution is -0.123. The average molecular weight is 448 g/mol. The maximum atomic E-state index is 13.1. The second-order valence-electron chi connectivity index (χ2n) is 7.47. The lowest BCUT2D eigenvalue weighted by Gasteiger charge is -2.18. The van der Waals surface area contributed by atoms with Gasteiger partial charge in [-0.1, -0.05) is 30.3 Å². The van der Waals surface area contributed by atoms with Crippen molar-refractivity contribution in [3.05, 3.63) is 82.2 Å². The van der Waals surface area contributed by atoms with Gasteiger partial charge in [0.05, 0.1) is 4.88 Å². The van der Waals surface area contributed by atoms with Gasteiger partial charge in [0.15, 0.2) is 11.5 Å². The quantitative estimate of drug-likeness (QED) is 0.404. The van der Waals surface area contributed by atoms with Crippen molar-refractivity contribution in [3.63, 3.8) is 0 Å². The topological polar surface area (TPSA) is 92.5 Å². The highest BCUT2D eigenvalue weighted by Gasteiger charge is 2.24. The molecular weight excluding hydrogens is 426 g/mol. The summed E-state index contributed by atoms with van der Waals surface area (Å²) in [4.78, 5) is 29.6. The number of aromatic amines is 1. The molecule has 3 heterocycles. The van der Waals surface area contributed by atoms with E-state index >= 15 is 0 Å². The van der Waals surface area contributed by atoms with Gasteiger partial charge >= 0.3 is 0 Å². The zero-order valence-electron chi connectivity index (χ0n) is 17.1. The van der Waals surface area contributed by atoms with E-state index in [2.05, 4.69) is 15.6 Å². The van der Waals surface area contributed by atoms with Gasteiger partial charge in [-0.25, -0.2) is 0 Å². The van der Waals surface area contributed by atoms with Crippen LogP contribution in [0.1, 0.15) is 20.8 Å². The molecule has 0 saturated carbocycles. The van der Waals surface area contributed by atoms with E-state index in [-0.39, 0.29) is 18.6 Å². The number of amides is 2. The molecule has 1 aliphatic rings. The zero-order valence-corrected chi connectivity index (χ0v) is 17.9. The summed E-state index contributed by atoms with van der Waals surface area (Å²) in [6.45, 7) is 0.515. The van der Waals surface area contributed by atoms with E-state index in [0.717, 1.165) is 22.0 Å². The second-order valence-corrected chi connectivity index (χ2v) is 8.42. The van der Waals surface area contributed by atoms with Gasteiger partial charge in [-0.05, 0) is 40.8 Å². The molecule has 2 amide bonds. The Kier molecular flexibility index (Phi) is 5.51. The van der Waals surface area contributed by atoms with Crippen LogP contribution >= 0.6 is 11.3 Å². The molecule has 0 saturated heterocycles. The molecule has 4 aromatic rings. The molecule has 0 unspecified atom stereocenters. The van der Waals surface area contributed by atoms with Crippen molar-refractivity contribution in [1.29, 1.82) is 0 Å². The maximum absolute atomic E-state index is 13.1. The van der Waals surface area contributed by atoms with E-state index in [1.54, 1.807) is 6.07 Å². The largest absolute Gasteiger partial charge is 0.454 e. The zero-order chi connectivity index (χ0) is 21.9. The van der Waals surface area contributed by atoms with Crippen LogP contribution in [0.2, 0.25) is 0 Å². The fourth-order valence-electron chi connectivity index (χ4n) is 3.73. The van der Waals surface area contributed by atoms with Crippen molar-refractivity contribution in [2.24, 2.45) is 0 Å². The van der Waals surface area contributed by atoms with Crippen LogP contribution in [0.3, 0.4) is 0 Å². The minimum absolute atomic E-state index is 0.201. The van der Waals surface area contributed by atoms with E-state index in [1.807, 2.05) is 60.1 Å². The molecule has 0 aliphatic carbocycles. The number of rotatable bonds is 7. The predicted octanol–water partition coefficient (Wildman–Crippen LogP) is 3.62. The molecule has 0 spiro atoms. The average Bonchev–Trinajstić information content (AvgIpc) is 3.57. The molecule has 2 aromatic carbocycles. The smallest absolute Gasteiger partial charge is 0.262 e. The SMILES string of the molecule is O=C(N[C@@H](Cc1c[nH]c2ccccc12)C(=O)NCc1ccc2c(c1)OCO2)c1cccs1. The standard InChI is InChI=1S/C24H21N3O4S/c28-23(26-12-15-7-8-20-21(10-15)31-14-30-20)19(27-24(29)22-6-3-9-32-22)11-16-13-25-18-5-2-1-4-17(16)18/h1-10,13,19,25H,11-12,14H2,(H,26,28)(H,27,29)/t19-/m0/s1. The molecule has 0 radical (unpaired) electrons. The van der Waals surface area contributed by atoms with Gasteiger partial charge in [0.25, 0.3) is 5.91 Å². The van der Waals surface area contributed by atoms with Gasteiger partial charge in [0, 0.05) is 30.1 Å². The van der Waals surface area contributed by atoms with E-state index < -0.39 is 6.04 Å². The van der Waals surface area contributed by atoms with Gasteiger partial charge in [0.1, 0.15) is 6.04 Å². The summed E-state index contributed by atoms with van der Waals surface area (Å²) in [5.74, 6) is 0.847. The first-order valence-corrected chi connectivity index (χ1v) is 11.1. The highest BCUT2D eigenvalue weighted by atomic mass is 32.1. The van der Waals surface area contributed by atoms with Gasteiger partial charge < -0.3 is 25.1 Å². The number of ether oxygens (including phenoxy) is 2. The number of hydrogen-bond acceptors (Lipinski definition) is 5. The number of para-hydroxylation sites is 1. The summed E-state index contributed by atoms with van der Waals surface area (Å²) in [5, 5.41) is 8.72. The molecule has 5 rings (SSSR count). The van der Waals surface area contributed by atoms with Crippen molar-refractivity contribution in [2.45, 2.75) is 19.0 Å². The molecule has 32 heavy (non-hydrogen) atoms. The number of carbonyl (C=O) groups is 2. The van der Waals surface area contributed by atoms with E-state index in [1.165, 1.54) is 11.3 Å². The van der Waals surface area contributed by atoms with Crippen molar-refractivity contribution in [3.8, 4) is 11.5 Å². The van der Waals surface area contributed by atoms with Crippen LogP contribution < -0.4 is 20.1 Å². The molecule has 0 fully saturated rings. The molecule has 1 atom stereocenters. The summed E-state index contributed by atoms with van der Waals surface area (Å²) < 4.78 is 10.7. The van der Waals surface area contributed by atoms with Crippen LogP contribution in [0, 0.1) is 0 Å². The molecule has 0 bridgehead atoms. The Bertz CT molecular complexity index is 1270. The fraction of sp³-hybridized carbons (Fsp3) is 0.167. The molecule has 162 valence electrons. The summed E-state index contributed by atoms with van der Waals surface area (Å²) >= 11 is 1.34. The highest BCUT2D eigenvalue weighted by Crippen LogP contribution is 2.32. The molecule has 2 aromatic heterocycles. The minimum Gasteiger partial charge on any atom is -0.454 e. The summed E-state index contributed by atoms with van der Waals surface area (Å²) in [6, 6.07) is 16.3. The van der Waals surface area contributed by atoms with Crippen molar-refractivity contribution >= 4 is 34.1 Å². The van der Waals surface area contributed by atoms with E-state index in [9.17, 15) is 9.59 Å². The maximum Gasteiger partial charge on any atom is 0.262 e. The summed E-state index contributed by atoms with van der Waals surface area (Å²) in [6.07, 6.45) is 2.26. The molecule has 3 N–H and O–H groups in total. The Morgan fingerprint density at radius 2 is 1.94 bits per heavy atom. The Labute approximate surface area is 188 Å². The number of benzene rings is 2. The third-order valence-electron chi connectivity index (χ3n) is 5.37. The molecule has 1 aliphatic heterocycles. The van der Waals surface area contributed by atoms with Crippen LogP contribution in [-0.2, 0) is 17.8 Å². The van der Waals surface area contributed by atoms with Gasteiger partial charge in [-0.15, -0.1) is 11.3 Å². The molecule has 7 nitrogen and oxygen atoms in total. The van der Waals surface area contributed by atoms with Gasteiger partial charge in [-0.3, -0.25) is 9.59 Å². The Morgan fingerprint density at radius 3 is 2.81 bits per heavy atom. The van der Waals surface area contributed by atoms with Gasteiger partial charge in [0.2, 0.25) is 12.7 Å². The third-order valence-corrected chi connectivity index (χ3v) is 6.24. The monoisotopic (exact) mass is 447 g/mol. The normalized spacial score (nSPS) is 13.1. The number of aromatic nitrogens is 1. The molecular formula is C24H21N3O4S. The number of thiophene rings is 1. The second kappa shape index (κ2) is 8.76. The lowest BCUT2D eigenvalue weighted by atomic mass is 10.0. The minimum atomic E-state index is -0.724. The van der Waals surface area contributed by atoms with Crippen LogP contribution in [0.5, 0.6) is 11.5 Å². The van der Waals surface area contributed by atoms with Crippen molar-refractivity contribution < 1.29 is 19.1 Å². The number of fused-ring (bicyclic) bond motifs is 2. The fourth-order valence-corrected chi connectivity index (χ4v) is 4.36. The predicted molar refractivity (Wildman–Crippen MR) is 122 cm³/mol. The van der Waals surface area contributed by atoms with E-state index in [0.29, 0.717) is 29.3 Å². The van der Waals surface area contributed by atoms with Crippen LogP contribution in [-0.4, -0.2) is 29.6 Å². The van der Waals surface area contributed by atoms with Gasteiger partial charge in [-0.2, -0.15) is 0 Å².